The summed E-state index contributed by atoms with van der Waals surface area (Å²) in [5, 5.41) is 0. The van der Waals surface area contributed by atoms with Crippen LogP contribution in [-0.4, -0.2) is 30.6 Å². The predicted octanol–water partition coefficient (Wildman–Crippen LogP) is 2.62. The Morgan fingerprint density at radius 3 is 2.84 bits per heavy atom. The third kappa shape index (κ3) is 3.38. The van der Waals surface area contributed by atoms with E-state index < -0.39 is 0 Å². The number of carbonyl (C=O) groups is 1. The zero-order valence-electron chi connectivity index (χ0n) is 12.0. The molecule has 2 heterocycles. The van der Waals surface area contributed by atoms with E-state index in [-0.39, 0.29) is 12.0 Å². The first-order valence-electron chi connectivity index (χ1n) is 7.03. The molecule has 1 aliphatic rings. The first-order chi connectivity index (χ1) is 9.13. The van der Waals surface area contributed by atoms with Gasteiger partial charge in [0.2, 0.25) is 0 Å². The molecule has 4 nitrogen and oxygen atoms in total. The average Bonchev–Trinajstić information content (AvgIpc) is 2.87. The Morgan fingerprint density at radius 1 is 1.47 bits per heavy atom. The number of aryl methyl sites for hydroxylation is 1. The summed E-state index contributed by atoms with van der Waals surface area (Å²) in [4.78, 5) is 14.1. The minimum Gasteiger partial charge on any atom is -0.468 e. The largest absolute Gasteiger partial charge is 0.468 e. The Morgan fingerprint density at radius 2 is 2.21 bits per heavy atom. The van der Waals surface area contributed by atoms with E-state index in [4.69, 9.17) is 9.15 Å². The van der Waals surface area contributed by atoms with Crippen LogP contribution in [0.5, 0.6) is 0 Å². The number of hydrogen-bond donors (Lipinski definition) is 0. The summed E-state index contributed by atoms with van der Waals surface area (Å²) in [5.41, 5.74) is 0. The van der Waals surface area contributed by atoms with Crippen LogP contribution in [0.15, 0.2) is 16.5 Å². The Kier molecular flexibility index (Phi) is 4.64. The van der Waals surface area contributed by atoms with Crippen molar-refractivity contribution >= 4 is 5.97 Å². The number of methoxy groups -OCH3 is 1. The number of piperidine rings is 1. The Bertz CT molecular complexity index is 427. The number of hydrogen-bond acceptors (Lipinski definition) is 4. The molecule has 0 N–H and O–H groups in total. The Balaban J connectivity index is 2.05. The van der Waals surface area contributed by atoms with E-state index in [9.17, 15) is 4.79 Å². The predicted molar refractivity (Wildman–Crippen MR) is 72.7 cm³/mol. The lowest BCUT2D eigenvalue weighted by molar-refractivity contribution is -0.149. The smallest absolute Gasteiger partial charge is 0.323 e. The van der Waals surface area contributed by atoms with Gasteiger partial charge in [-0.2, -0.15) is 0 Å². The fourth-order valence-corrected chi connectivity index (χ4v) is 2.66. The quantitative estimate of drug-likeness (QED) is 0.785. The van der Waals surface area contributed by atoms with E-state index >= 15 is 0 Å². The van der Waals surface area contributed by atoms with Crippen LogP contribution in [0.25, 0.3) is 0 Å². The molecule has 19 heavy (non-hydrogen) atoms. The van der Waals surface area contributed by atoms with Crippen molar-refractivity contribution in [3.63, 3.8) is 0 Å². The van der Waals surface area contributed by atoms with Crippen LogP contribution in [0, 0.1) is 5.92 Å². The van der Waals surface area contributed by atoms with Crippen molar-refractivity contribution in [3.05, 3.63) is 23.7 Å². The number of furan rings is 1. The summed E-state index contributed by atoms with van der Waals surface area (Å²) in [6.45, 7) is 5.87. The molecule has 4 heteroatoms. The molecule has 0 unspecified atom stereocenters. The van der Waals surface area contributed by atoms with Crippen LogP contribution in [0.1, 0.15) is 38.2 Å². The molecule has 1 fully saturated rings. The van der Waals surface area contributed by atoms with Gasteiger partial charge >= 0.3 is 5.97 Å². The number of ether oxygens (including phenoxy) is 1. The maximum Gasteiger partial charge on any atom is 0.323 e. The third-order valence-electron chi connectivity index (χ3n) is 3.87. The van der Waals surface area contributed by atoms with Crippen molar-refractivity contribution in [3.8, 4) is 0 Å². The lowest BCUT2D eigenvalue weighted by Crippen LogP contribution is -2.46. The van der Waals surface area contributed by atoms with Crippen molar-refractivity contribution in [2.45, 2.75) is 45.7 Å². The van der Waals surface area contributed by atoms with E-state index in [1.165, 1.54) is 7.11 Å². The van der Waals surface area contributed by atoms with Crippen molar-refractivity contribution in [2.75, 3.05) is 13.7 Å². The molecule has 0 aliphatic carbocycles. The number of likely N-dealkylation sites (tertiary alicyclic amines) is 1. The molecular weight excluding hydrogens is 242 g/mol. The van der Waals surface area contributed by atoms with E-state index in [2.05, 4.69) is 18.7 Å². The minimum atomic E-state index is -0.135. The first-order valence-corrected chi connectivity index (χ1v) is 7.03. The molecule has 0 saturated carbocycles. The van der Waals surface area contributed by atoms with Crippen LogP contribution < -0.4 is 0 Å². The fourth-order valence-electron chi connectivity index (χ4n) is 2.66. The van der Waals surface area contributed by atoms with E-state index in [1.54, 1.807) is 0 Å². The van der Waals surface area contributed by atoms with E-state index in [0.29, 0.717) is 12.5 Å². The fraction of sp³-hybridized carbons (Fsp3) is 0.667. The summed E-state index contributed by atoms with van der Waals surface area (Å²) in [6, 6.07) is 3.88. The number of carbonyl (C=O) groups excluding carboxylic acids is 1. The van der Waals surface area contributed by atoms with Crippen molar-refractivity contribution < 1.29 is 13.9 Å². The van der Waals surface area contributed by atoms with Crippen molar-refractivity contribution in [1.29, 1.82) is 0 Å². The second kappa shape index (κ2) is 6.24. The van der Waals surface area contributed by atoms with Gasteiger partial charge < -0.3 is 9.15 Å². The molecule has 106 valence electrons. The topological polar surface area (TPSA) is 42.7 Å². The zero-order chi connectivity index (χ0) is 13.8. The number of rotatable bonds is 4. The highest BCUT2D eigenvalue weighted by Gasteiger charge is 2.32. The van der Waals surface area contributed by atoms with Crippen LogP contribution in [0.2, 0.25) is 0 Å². The molecule has 1 saturated heterocycles. The molecular formula is C15H23NO3. The summed E-state index contributed by atoms with van der Waals surface area (Å²) in [7, 11) is 1.46. The second-order valence-corrected chi connectivity index (χ2v) is 5.36. The summed E-state index contributed by atoms with van der Waals surface area (Å²) in [6.07, 6.45) is 2.89. The van der Waals surface area contributed by atoms with Gasteiger partial charge in [-0.1, -0.05) is 13.8 Å². The van der Waals surface area contributed by atoms with Gasteiger partial charge in [-0.15, -0.1) is 0 Å². The maximum atomic E-state index is 11.9. The van der Waals surface area contributed by atoms with Gasteiger partial charge in [0.05, 0.1) is 13.7 Å². The Hall–Kier alpha value is -1.29. The molecule has 0 radical (unpaired) electrons. The van der Waals surface area contributed by atoms with Gasteiger partial charge in [0.25, 0.3) is 0 Å². The standard InChI is InChI=1S/C15H23NO3/c1-4-12-5-6-13(19-12)10-16-8-7-11(2)9-14(16)15(17)18-3/h5-6,11,14H,4,7-10H2,1-3H3/t11-,14-/m1/s1. The van der Waals surface area contributed by atoms with Crippen LogP contribution in [0.4, 0.5) is 0 Å². The lowest BCUT2D eigenvalue weighted by Gasteiger charge is -2.36. The van der Waals surface area contributed by atoms with Crippen LogP contribution >= 0.6 is 0 Å². The van der Waals surface area contributed by atoms with E-state index in [0.717, 1.165) is 37.3 Å². The first kappa shape index (κ1) is 14.1. The molecule has 2 atom stereocenters. The maximum absolute atomic E-state index is 11.9. The SMILES string of the molecule is CCc1ccc(CN2CC[C@@H](C)C[C@@H]2C(=O)OC)o1. The molecule has 0 bridgehead atoms. The van der Waals surface area contributed by atoms with Gasteiger partial charge in [0.1, 0.15) is 17.6 Å². The zero-order valence-corrected chi connectivity index (χ0v) is 12.0. The lowest BCUT2D eigenvalue weighted by atomic mass is 9.92. The van der Waals surface area contributed by atoms with Crippen LogP contribution in [-0.2, 0) is 22.5 Å². The summed E-state index contributed by atoms with van der Waals surface area (Å²) in [5.74, 6) is 2.37. The normalized spacial score (nSPS) is 24.4. The molecule has 1 aliphatic heterocycles. The van der Waals surface area contributed by atoms with Crippen LogP contribution in [0.3, 0.4) is 0 Å². The van der Waals surface area contributed by atoms with Gasteiger partial charge in [-0.05, 0) is 37.4 Å². The monoisotopic (exact) mass is 265 g/mol. The summed E-state index contributed by atoms with van der Waals surface area (Å²) >= 11 is 0. The molecule has 0 amide bonds. The second-order valence-electron chi connectivity index (χ2n) is 5.36. The minimum absolute atomic E-state index is 0.131. The molecule has 0 aromatic carbocycles. The molecule has 2 rings (SSSR count). The van der Waals surface area contributed by atoms with Crippen molar-refractivity contribution in [1.82, 2.24) is 4.90 Å². The van der Waals surface area contributed by atoms with Gasteiger partial charge in [-0.25, -0.2) is 0 Å². The number of nitrogens with zero attached hydrogens (tertiary/aromatic N) is 1. The summed E-state index contributed by atoms with van der Waals surface area (Å²) < 4.78 is 10.7. The molecule has 1 aromatic rings. The van der Waals surface area contributed by atoms with Gasteiger partial charge in [-0.3, -0.25) is 9.69 Å². The number of esters is 1. The molecule has 1 aromatic heterocycles. The Labute approximate surface area is 114 Å². The third-order valence-corrected chi connectivity index (χ3v) is 3.87. The van der Waals surface area contributed by atoms with Crippen molar-refractivity contribution in [2.24, 2.45) is 5.92 Å². The highest BCUT2D eigenvalue weighted by molar-refractivity contribution is 5.75. The molecule has 0 spiro atoms. The highest BCUT2D eigenvalue weighted by Crippen LogP contribution is 2.25. The van der Waals surface area contributed by atoms with Gasteiger partial charge in [0.15, 0.2) is 0 Å². The highest BCUT2D eigenvalue weighted by atomic mass is 16.5. The van der Waals surface area contributed by atoms with E-state index in [1.807, 2.05) is 12.1 Å². The van der Waals surface area contributed by atoms with Gasteiger partial charge in [0, 0.05) is 6.42 Å². The average molecular weight is 265 g/mol.